The summed E-state index contributed by atoms with van der Waals surface area (Å²) in [6, 6.07) is 27.7. The van der Waals surface area contributed by atoms with E-state index in [-0.39, 0.29) is 54.1 Å². The van der Waals surface area contributed by atoms with Crippen LogP contribution in [-0.2, 0) is 47.7 Å². The molecule has 3 aliphatic rings. The topological polar surface area (TPSA) is 214 Å². The first kappa shape index (κ1) is 67.6. The van der Waals surface area contributed by atoms with Crippen LogP contribution in [0.25, 0.3) is 10.2 Å². The summed E-state index contributed by atoms with van der Waals surface area (Å²) < 4.78 is 51.3. The van der Waals surface area contributed by atoms with Gasteiger partial charge in [0.05, 0.1) is 79.7 Å². The number of ether oxygens (including phenoxy) is 9. The number of hydrazone groups is 1. The fourth-order valence-corrected chi connectivity index (χ4v) is 11.4. The minimum absolute atomic E-state index is 0.112. The maximum absolute atomic E-state index is 13.6. The van der Waals surface area contributed by atoms with E-state index >= 15 is 0 Å². The molecule has 0 radical (unpaired) electrons. The monoisotopic (exact) mass is 1230 g/mol. The highest BCUT2D eigenvalue weighted by Gasteiger charge is 2.34. The van der Waals surface area contributed by atoms with Crippen molar-refractivity contribution < 1.29 is 71.4 Å². The van der Waals surface area contributed by atoms with Gasteiger partial charge in [-0.05, 0) is 189 Å². The maximum atomic E-state index is 13.6. The van der Waals surface area contributed by atoms with Crippen molar-refractivity contribution in [2.75, 3.05) is 45.3 Å². The van der Waals surface area contributed by atoms with Gasteiger partial charge in [-0.15, -0.1) is 0 Å². The number of aromatic nitrogens is 1. The number of esters is 6. The van der Waals surface area contributed by atoms with Crippen molar-refractivity contribution in [3.63, 3.8) is 0 Å². The van der Waals surface area contributed by atoms with E-state index in [1.54, 1.807) is 53.7 Å². The van der Waals surface area contributed by atoms with Gasteiger partial charge in [0.15, 0.2) is 0 Å². The fraction of sp³-hybridized carbons (Fsp3) is 0.478. The molecule has 0 bridgehead atoms. The molecule has 0 atom stereocenters. The van der Waals surface area contributed by atoms with Crippen molar-refractivity contribution in [2.24, 2.45) is 28.8 Å². The summed E-state index contributed by atoms with van der Waals surface area (Å²) in [5.41, 5.74) is 2.48. The number of aryl methyl sites for hydroxylation is 1. The van der Waals surface area contributed by atoms with Gasteiger partial charge in [-0.3, -0.25) is 19.2 Å². The summed E-state index contributed by atoms with van der Waals surface area (Å²) in [6.07, 6.45) is 20.8. The number of para-hydroxylation sites is 1. The molecule has 18 nitrogen and oxygen atoms in total. The van der Waals surface area contributed by atoms with Crippen molar-refractivity contribution in [3.05, 3.63) is 127 Å². The van der Waals surface area contributed by atoms with Gasteiger partial charge in [-0.25, -0.2) is 19.6 Å². The Morgan fingerprint density at radius 1 is 0.557 bits per heavy atom. The van der Waals surface area contributed by atoms with Crippen LogP contribution in [0.4, 0.5) is 5.13 Å². The van der Waals surface area contributed by atoms with Gasteiger partial charge >= 0.3 is 35.8 Å². The number of hydrogen-bond acceptors (Lipinski definition) is 19. The molecule has 0 aliphatic heterocycles. The third-order valence-corrected chi connectivity index (χ3v) is 16.8. The molecular formula is C69H85N3O15S. The van der Waals surface area contributed by atoms with Crippen molar-refractivity contribution in [1.29, 1.82) is 0 Å². The summed E-state index contributed by atoms with van der Waals surface area (Å²) in [5.74, 6) is -1.11. The molecule has 88 heavy (non-hydrogen) atoms. The quantitative estimate of drug-likeness (QED) is 0.00589. The Hall–Kier alpha value is -7.90. The maximum Gasteiger partial charge on any atom is 0.330 e. The number of benzene rings is 4. The standard InChI is InChI=1S/C53H63N3O12S.C16H22O3/c1-3-48(57)64-32-12-5-4-11-31-63-42-25-27-43(28-26-42)66-50(59)37-21-23-38(24-22-37)51(60)67-44-29-30-46(68-52(61)39-19-17-36(18-20-39)49(58)62-2)40(33-44)34-54-56(35-65-41-13-7-6-8-14-41)53-55-45-15-9-10-16-47(45)69-53;1-3-16(17)19-13-7-5-4-6-12-18-15-10-8-14(2)9-11-15/h3,9-10,15-16,25-30,33-34,36-39,41H,1,4-8,11-14,17-24,31-32,35H2,2H3;3,8-11H,1,4-7,12-13H2,2H3/b54-34+;. The zero-order chi connectivity index (χ0) is 62.3. The highest BCUT2D eigenvalue weighted by molar-refractivity contribution is 7.22. The Labute approximate surface area is 520 Å². The van der Waals surface area contributed by atoms with Gasteiger partial charge in [-0.1, -0.05) is 73.6 Å². The van der Waals surface area contributed by atoms with Crippen molar-refractivity contribution >= 4 is 68.7 Å². The van der Waals surface area contributed by atoms with E-state index in [1.807, 2.05) is 48.5 Å². The molecule has 5 aromatic rings. The third-order valence-electron chi connectivity index (χ3n) is 15.7. The van der Waals surface area contributed by atoms with E-state index in [1.165, 1.54) is 36.5 Å². The molecule has 1 aromatic heterocycles. The van der Waals surface area contributed by atoms with Gasteiger partial charge in [0, 0.05) is 17.7 Å². The second-order valence-corrected chi connectivity index (χ2v) is 23.3. The van der Waals surface area contributed by atoms with Crippen LogP contribution in [0.3, 0.4) is 0 Å². The lowest BCUT2D eigenvalue weighted by atomic mass is 9.82. The lowest BCUT2D eigenvalue weighted by molar-refractivity contribution is -0.149. The number of anilines is 1. The Bertz CT molecular complexity index is 3020. The van der Waals surface area contributed by atoms with Crippen LogP contribution in [0.1, 0.15) is 146 Å². The number of nitrogens with zero attached hydrogens (tertiary/aromatic N) is 3. The Balaban J connectivity index is 0.000000496. The van der Waals surface area contributed by atoms with Crippen LogP contribution >= 0.6 is 11.3 Å². The summed E-state index contributed by atoms with van der Waals surface area (Å²) in [6.45, 7) is 11.1. The van der Waals surface area contributed by atoms with Crippen molar-refractivity contribution in [1.82, 2.24) is 4.98 Å². The summed E-state index contributed by atoms with van der Waals surface area (Å²) in [7, 11) is 1.37. The molecule has 3 saturated carbocycles. The summed E-state index contributed by atoms with van der Waals surface area (Å²) in [5, 5.41) is 7.19. The Morgan fingerprint density at radius 2 is 1.03 bits per heavy atom. The molecule has 3 fully saturated rings. The van der Waals surface area contributed by atoms with Crippen LogP contribution in [-0.4, -0.2) is 93.4 Å². The Kier molecular flexibility index (Phi) is 28.5. The first-order valence-electron chi connectivity index (χ1n) is 31.0. The smallest absolute Gasteiger partial charge is 0.330 e. The number of carbonyl (C=O) groups is 6. The van der Waals surface area contributed by atoms with E-state index < -0.39 is 29.7 Å². The van der Waals surface area contributed by atoms with Crippen LogP contribution in [0, 0.1) is 30.6 Å². The molecule has 4 aromatic carbocycles. The second-order valence-electron chi connectivity index (χ2n) is 22.3. The van der Waals surface area contributed by atoms with Gasteiger partial charge < -0.3 is 42.6 Å². The SMILES string of the molecule is C=CC(=O)OCCCCCCOc1ccc(C)cc1.C=CC(=O)OCCCCCCOc1ccc(OC(=O)C2CCC(C(=O)Oc3ccc(OC(=O)C4CCC(C(=O)OC)CC4)c(/C=N/N(COC4CCCCC4)c4nc5ccccc5s4)c3)CC2)cc1. The number of carbonyl (C=O) groups excluding carboxylic acids is 6. The number of methoxy groups -OCH3 is 1. The normalized spacial score (nSPS) is 17.5. The van der Waals surface area contributed by atoms with E-state index in [2.05, 4.69) is 20.1 Å². The number of thiazole rings is 1. The lowest BCUT2D eigenvalue weighted by Gasteiger charge is -2.26. The minimum atomic E-state index is -0.429. The van der Waals surface area contributed by atoms with E-state index in [0.717, 1.165) is 106 Å². The van der Waals surface area contributed by atoms with Gasteiger partial charge in [0.2, 0.25) is 5.13 Å². The van der Waals surface area contributed by atoms with E-state index in [4.69, 9.17) is 52.7 Å². The van der Waals surface area contributed by atoms with E-state index in [0.29, 0.717) is 93.4 Å². The van der Waals surface area contributed by atoms with Gasteiger partial charge in [0.1, 0.15) is 35.5 Å². The predicted molar refractivity (Wildman–Crippen MR) is 337 cm³/mol. The van der Waals surface area contributed by atoms with Crippen molar-refractivity contribution in [3.8, 4) is 28.7 Å². The first-order chi connectivity index (χ1) is 42.9. The zero-order valence-electron chi connectivity index (χ0n) is 51.0. The summed E-state index contributed by atoms with van der Waals surface area (Å²) >= 11 is 1.49. The molecule has 0 N–H and O–H groups in total. The highest BCUT2D eigenvalue weighted by atomic mass is 32.1. The summed E-state index contributed by atoms with van der Waals surface area (Å²) in [4.78, 5) is 79.3. The molecule has 472 valence electrons. The third kappa shape index (κ3) is 23.0. The molecule has 19 heteroatoms. The number of unbranched alkanes of at least 4 members (excludes halogenated alkanes) is 6. The number of hydrogen-bond donors (Lipinski definition) is 0. The molecule has 3 aliphatic carbocycles. The molecule has 1 heterocycles. The van der Waals surface area contributed by atoms with Gasteiger partial charge in [-0.2, -0.15) is 5.10 Å². The average molecular weight is 1230 g/mol. The minimum Gasteiger partial charge on any atom is -0.494 e. The first-order valence-corrected chi connectivity index (χ1v) is 31.9. The molecule has 0 spiro atoms. The van der Waals surface area contributed by atoms with Crippen LogP contribution in [0.5, 0.6) is 28.7 Å². The largest absolute Gasteiger partial charge is 0.494 e. The fourth-order valence-electron chi connectivity index (χ4n) is 10.5. The van der Waals surface area contributed by atoms with Crippen LogP contribution in [0.15, 0.2) is 121 Å². The van der Waals surface area contributed by atoms with Crippen LogP contribution in [0.2, 0.25) is 0 Å². The van der Waals surface area contributed by atoms with E-state index in [9.17, 15) is 28.8 Å². The van der Waals surface area contributed by atoms with Crippen LogP contribution < -0.4 is 28.7 Å². The highest BCUT2D eigenvalue weighted by Crippen LogP contribution is 2.36. The molecule has 0 amide bonds. The molecule has 0 saturated heterocycles. The molecule has 8 rings (SSSR count). The average Bonchev–Trinajstić information content (AvgIpc) is 2.83. The number of rotatable bonds is 31. The van der Waals surface area contributed by atoms with Gasteiger partial charge in [0.25, 0.3) is 0 Å². The zero-order valence-corrected chi connectivity index (χ0v) is 51.8. The molecular weight excluding hydrogens is 1140 g/mol. The molecule has 0 unspecified atom stereocenters. The predicted octanol–water partition coefficient (Wildman–Crippen LogP) is 14.0. The second kappa shape index (κ2) is 37.1. The lowest BCUT2D eigenvalue weighted by Crippen LogP contribution is -2.30. The van der Waals surface area contributed by atoms with Crippen molar-refractivity contribution in [2.45, 2.75) is 148 Å². The number of fused-ring (bicyclic) bond motifs is 1. The Morgan fingerprint density at radius 3 is 1.57 bits per heavy atom.